The van der Waals surface area contributed by atoms with Gasteiger partial charge in [0.2, 0.25) is 0 Å². The summed E-state index contributed by atoms with van der Waals surface area (Å²) in [7, 11) is 0. The molecule has 0 aliphatic heterocycles. The number of amides is 1. The highest BCUT2D eigenvalue weighted by Gasteiger charge is 2.16. The first-order valence-electron chi connectivity index (χ1n) is 7.46. The largest absolute Gasteiger partial charge is 0.345 e. The number of rotatable bonds is 4. The van der Waals surface area contributed by atoms with Crippen molar-refractivity contribution < 1.29 is 4.79 Å². The lowest BCUT2D eigenvalue weighted by Crippen LogP contribution is -2.28. The van der Waals surface area contributed by atoms with Gasteiger partial charge in [0.25, 0.3) is 5.91 Å². The fourth-order valence-electron chi connectivity index (χ4n) is 2.55. The highest BCUT2D eigenvalue weighted by molar-refractivity contribution is 5.96. The molecule has 2 aromatic carbocycles. The Labute approximate surface area is 127 Å². The first kappa shape index (κ1) is 15.3. The number of carbonyl (C=O) groups is 1. The van der Waals surface area contributed by atoms with Crippen LogP contribution in [0.15, 0.2) is 42.5 Å². The van der Waals surface area contributed by atoms with Crippen LogP contribution in [0.2, 0.25) is 0 Å². The van der Waals surface area contributed by atoms with Crippen molar-refractivity contribution in [1.82, 2.24) is 5.32 Å². The van der Waals surface area contributed by atoms with E-state index in [4.69, 9.17) is 0 Å². The van der Waals surface area contributed by atoms with E-state index in [0.29, 0.717) is 0 Å². The van der Waals surface area contributed by atoms with Gasteiger partial charge >= 0.3 is 0 Å². The molecule has 0 aromatic heterocycles. The molecule has 2 heteroatoms. The molecule has 1 N–H and O–H groups in total. The molecule has 0 aliphatic carbocycles. The zero-order valence-electron chi connectivity index (χ0n) is 13.2. The van der Waals surface area contributed by atoms with Gasteiger partial charge in [-0.05, 0) is 55.5 Å². The van der Waals surface area contributed by atoms with Crippen LogP contribution in [-0.4, -0.2) is 5.91 Å². The number of nitrogens with one attached hydrogen (secondary N) is 1. The van der Waals surface area contributed by atoms with E-state index in [0.717, 1.165) is 28.7 Å². The summed E-state index contributed by atoms with van der Waals surface area (Å²) in [6.07, 6.45) is 0.875. The summed E-state index contributed by atoms with van der Waals surface area (Å²) in [6, 6.07) is 14.2. The molecule has 0 saturated carbocycles. The van der Waals surface area contributed by atoms with Gasteiger partial charge in [-0.15, -0.1) is 0 Å². The first-order chi connectivity index (χ1) is 10.0. The van der Waals surface area contributed by atoms with Crippen LogP contribution in [0.4, 0.5) is 0 Å². The minimum Gasteiger partial charge on any atom is -0.345 e. The van der Waals surface area contributed by atoms with Gasteiger partial charge in [0.1, 0.15) is 0 Å². The van der Waals surface area contributed by atoms with E-state index in [1.54, 1.807) is 0 Å². The smallest absolute Gasteiger partial charge is 0.252 e. The van der Waals surface area contributed by atoms with Gasteiger partial charge < -0.3 is 5.32 Å². The average Bonchev–Trinajstić information content (AvgIpc) is 2.49. The van der Waals surface area contributed by atoms with Crippen LogP contribution in [0.3, 0.4) is 0 Å². The molecule has 0 heterocycles. The van der Waals surface area contributed by atoms with E-state index < -0.39 is 0 Å². The Balaban J connectivity index is 2.23. The Hall–Kier alpha value is -2.09. The van der Waals surface area contributed by atoms with Crippen LogP contribution in [0, 0.1) is 20.8 Å². The molecule has 110 valence electrons. The predicted molar refractivity (Wildman–Crippen MR) is 87.6 cm³/mol. The third kappa shape index (κ3) is 3.52. The number of aryl methyl sites for hydroxylation is 3. The molecule has 0 radical (unpaired) electrons. The molecule has 2 rings (SSSR count). The molecule has 2 aromatic rings. The van der Waals surface area contributed by atoms with Gasteiger partial charge in [0, 0.05) is 5.56 Å². The number of carbonyl (C=O) groups excluding carboxylic acids is 1. The monoisotopic (exact) mass is 281 g/mol. The summed E-state index contributed by atoms with van der Waals surface area (Å²) < 4.78 is 0. The Kier molecular flexibility index (Phi) is 4.79. The Morgan fingerprint density at radius 1 is 1.00 bits per heavy atom. The van der Waals surface area contributed by atoms with Crippen molar-refractivity contribution in [2.45, 2.75) is 40.2 Å². The quantitative estimate of drug-likeness (QED) is 0.878. The minimum absolute atomic E-state index is 0.00584. The van der Waals surface area contributed by atoms with Gasteiger partial charge in [-0.1, -0.05) is 43.3 Å². The number of benzene rings is 2. The molecule has 1 atom stereocenters. The first-order valence-corrected chi connectivity index (χ1v) is 7.46. The summed E-state index contributed by atoms with van der Waals surface area (Å²) >= 11 is 0. The zero-order valence-corrected chi connectivity index (χ0v) is 13.2. The fraction of sp³-hybridized carbons (Fsp3) is 0.316. The van der Waals surface area contributed by atoms with Crippen LogP contribution in [0.1, 0.15) is 52.0 Å². The maximum absolute atomic E-state index is 12.6. The molecule has 0 aliphatic rings. The van der Waals surface area contributed by atoms with Crippen molar-refractivity contribution >= 4 is 5.91 Å². The van der Waals surface area contributed by atoms with Crippen molar-refractivity contribution in [3.8, 4) is 0 Å². The van der Waals surface area contributed by atoms with Crippen LogP contribution in [0.5, 0.6) is 0 Å². The van der Waals surface area contributed by atoms with Gasteiger partial charge in [-0.2, -0.15) is 0 Å². The summed E-state index contributed by atoms with van der Waals surface area (Å²) in [5, 5.41) is 3.15. The third-order valence-corrected chi connectivity index (χ3v) is 4.00. The van der Waals surface area contributed by atoms with Gasteiger partial charge in [0.15, 0.2) is 0 Å². The molecule has 21 heavy (non-hydrogen) atoms. The molecule has 2 nitrogen and oxygen atoms in total. The van der Waals surface area contributed by atoms with E-state index in [9.17, 15) is 4.79 Å². The van der Waals surface area contributed by atoms with Crippen LogP contribution in [0.25, 0.3) is 0 Å². The highest BCUT2D eigenvalue weighted by Crippen LogP contribution is 2.19. The molecular weight excluding hydrogens is 258 g/mol. The molecule has 0 spiro atoms. The summed E-state index contributed by atoms with van der Waals surface area (Å²) in [5.74, 6) is 0.00584. The van der Waals surface area contributed by atoms with Crippen molar-refractivity contribution in [3.05, 3.63) is 70.3 Å². The van der Waals surface area contributed by atoms with Crippen molar-refractivity contribution in [3.63, 3.8) is 0 Å². The van der Waals surface area contributed by atoms with Crippen molar-refractivity contribution in [1.29, 1.82) is 0 Å². The molecule has 0 bridgehead atoms. The van der Waals surface area contributed by atoms with Crippen molar-refractivity contribution in [2.24, 2.45) is 0 Å². The van der Waals surface area contributed by atoms with Crippen LogP contribution >= 0.6 is 0 Å². The average molecular weight is 281 g/mol. The van der Waals surface area contributed by atoms with Gasteiger partial charge in [-0.3, -0.25) is 4.79 Å². The van der Waals surface area contributed by atoms with E-state index in [2.05, 4.69) is 37.4 Å². The van der Waals surface area contributed by atoms with E-state index >= 15 is 0 Å². The van der Waals surface area contributed by atoms with Gasteiger partial charge in [-0.25, -0.2) is 0 Å². The minimum atomic E-state index is 0.00584. The summed E-state index contributed by atoms with van der Waals surface area (Å²) in [6.45, 7) is 8.19. The molecule has 0 saturated heterocycles. The second-order valence-corrected chi connectivity index (χ2v) is 5.60. The Morgan fingerprint density at radius 3 is 2.24 bits per heavy atom. The number of hydrogen-bond acceptors (Lipinski definition) is 1. The lowest BCUT2D eigenvalue weighted by molar-refractivity contribution is 0.0935. The molecule has 1 amide bonds. The summed E-state index contributed by atoms with van der Waals surface area (Å²) in [5.41, 5.74) is 5.32. The number of hydrogen-bond donors (Lipinski definition) is 1. The zero-order chi connectivity index (χ0) is 15.4. The maximum atomic E-state index is 12.6. The lowest BCUT2D eigenvalue weighted by Gasteiger charge is -2.19. The van der Waals surface area contributed by atoms with Crippen molar-refractivity contribution in [2.75, 3.05) is 0 Å². The summed E-state index contributed by atoms with van der Waals surface area (Å²) in [4.78, 5) is 12.6. The van der Waals surface area contributed by atoms with Gasteiger partial charge in [0.05, 0.1) is 6.04 Å². The lowest BCUT2D eigenvalue weighted by atomic mass is 9.99. The third-order valence-electron chi connectivity index (χ3n) is 4.00. The second-order valence-electron chi connectivity index (χ2n) is 5.60. The van der Waals surface area contributed by atoms with E-state index in [1.807, 2.05) is 38.1 Å². The van der Waals surface area contributed by atoms with E-state index in [-0.39, 0.29) is 11.9 Å². The highest BCUT2D eigenvalue weighted by atomic mass is 16.1. The van der Waals surface area contributed by atoms with Crippen LogP contribution in [-0.2, 0) is 0 Å². The fourth-order valence-corrected chi connectivity index (χ4v) is 2.55. The normalized spacial score (nSPS) is 12.0. The topological polar surface area (TPSA) is 29.1 Å². The molecule has 0 fully saturated rings. The Bertz CT molecular complexity index is 632. The predicted octanol–water partition coefficient (Wildman–Crippen LogP) is 4.49. The standard InChI is InChI=1S/C19H23NO/c1-5-18(16-9-7-6-8-10-16)20-19(21)17-12-14(3)13(2)11-15(17)4/h6-12,18H,5H2,1-4H3,(H,20,21). The van der Waals surface area contributed by atoms with Crippen LogP contribution < -0.4 is 5.32 Å². The molecule has 1 unspecified atom stereocenters. The molecular formula is C19H23NO. The second kappa shape index (κ2) is 6.57. The maximum Gasteiger partial charge on any atom is 0.252 e. The SMILES string of the molecule is CCC(NC(=O)c1cc(C)c(C)cc1C)c1ccccc1. The van der Waals surface area contributed by atoms with E-state index in [1.165, 1.54) is 5.56 Å². The Morgan fingerprint density at radius 2 is 1.62 bits per heavy atom.